The molecule has 9 nitrogen and oxygen atoms in total. The van der Waals surface area contributed by atoms with Crippen molar-refractivity contribution in [3.05, 3.63) is 150 Å². The summed E-state index contributed by atoms with van der Waals surface area (Å²) in [4.78, 5) is 39.7. The maximum absolute atomic E-state index is 14.5. The summed E-state index contributed by atoms with van der Waals surface area (Å²) < 4.78 is 74.0. The molecule has 1 aliphatic rings. The molecule has 274 valence electrons. The number of carbonyl (C=O) groups excluding carboxylic acids is 3. The molecule has 1 heterocycles. The van der Waals surface area contributed by atoms with Crippen LogP contribution in [-0.2, 0) is 46.5 Å². The van der Waals surface area contributed by atoms with Gasteiger partial charge in [0, 0.05) is 12.6 Å². The van der Waals surface area contributed by atoms with Crippen LogP contribution in [0.15, 0.2) is 133 Å². The van der Waals surface area contributed by atoms with Crippen LogP contribution < -0.4 is 4.90 Å². The number of halogens is 3. The molecular weight excluding hydrogens is 691 g/mol. The molecule has 5 aromatic carbocycles. The fourth-order valence-corrected chi connectivity index (χ4v) is 6.11. The predicted molar refractivity (Wildman–Crippen MR) is 188 cm³/mol. The van der Waals surface area contributed by atoms with E-state index in [1.807, 2.05) is 42.5 Å². The molecule has 0 aromatic heterocycles. The minimum Gasteiger partial charge on any atom is -0.463 e. The summed E-state index contributed by atoms with van der Waals surface area (Å²) in [6.07, 6.45) is -12.9. The van der Waals surface area contributed by atoms with Gasteiger partial charge in [-0.1, -0.05) is 103 Å². The molecule has 6 rings (SSSR count). The normalized spacial score (nSPS) is 20.0. The van der Waals surface area contributed by atoms with Gasteiger partial charge in [-0.3, -0.25) is 14.5 Å². The van der Waals surface area contributed by atoms with E-state index in [2.05, 4.69) is 0 Å². The van der Waals surface area contributed by atoms with E-state index >= 15 is 0 Å². The van der Waals surface area contributed by atoms with Crippen LogP contribution in [0.1, 0.15) is 28.4 Å². The molecule has 5 atom stereocenters. The number of ether oxygens (including phenoxy) is 5. The first-order valence-electron chi connectivity index (χ1n) is 16.8. The van der Waals surface area contributed by atoms with Gasteiger partial charge < -0.3 is 23.7 Å². The predicted octanol–water partition coefficient (Wildman–Crippen LogP) is 7.42. The molecule has 0 unspecified atom stereocenters. The summed E-state index contributed by atoms with van der Waals surface area (Å²) in [6, 6.07) is 37.3. The number of rotatable bonds is 12. The van der Waals surface area contributed by atoms with Crippen LogP contribution in [0, 0.1) is 0 Å². The zero-order valence-corrected chi connectivity index (χ0v) is 28.6. The molecule has 1 aliphatic heterocycles. The number of alkyl halides is 3. The first-order valence-corrected chi connectivity index (χ1v) is 16.8. The molecule has 0 radical (unpaired) electrons. The van der Waals surface area contributed by atoms with Gasteiger partial charge in [0.1, 0.15) is 24.9 Å². The number of carbonyl (C=O) groups is 3. The quantitative estimate of drug-likeness (QED) is 0.123. The molecule has 0 N–H and O–H groups in total. The van der Waals surface area contributed by atoms with Crippen molar-refractivity contribution in [2.45, 2.75) is 57.0 Å². The van der Waals surface area contributed by atoms with Crippen LogP contribution in [0.4, 0.5) is 18.9 Å². The van der Waals surface area contributed by atoms with Crippen molar-refractivity contribution in [1.29, 1.82) is 0 Å². The number of para-hydroxylation sites is 1. The highest BCUT2D eigenvalue weighted by atomic mass is 19.4. The smallest absolute Gasteiger partial charge is 0.463 e. The van der Waals surface area contributed by atoms with Gasteiger partial charge in [-0.05, 0) is 52.2 Å². The minimum atomic E-state index is -5.36. The topological polar surface area (TPSA) is 101 Å². The second-order valence-electron chi connectivity index (χ2n) is 12.3. The minimum absolute atomic E-state index is 0.0449. The van der Waals surface area contributed by atoms with E-state index in [1.54, 1.807) is 54.6 Å². The number of esters is 2. The average Bonchev–Trinajstić information content (AvgIpc) is 3.17. The van der Waals surface area contributed by atoms with Crippen molar-refractivity contribution in [2.75, 3.05) is 11.5 Å². The van der Waals surface area contributed by atoms with Crippen LogP contribution in [0.3, 0.4) is 0 Å². The van der Waals surface area contributed by atoms with Gasteiger partial charge in [-0.25, -0.2) is 4.79 Å². The third kappa shape index (κ3) is 9.28. The number of benzene rings is 5. The second-order valence-corrected chi connectivity index (χ2v) is 12.3. The monoisotopic (exact) mass is 727 g/mol. The number of nitrogens with zero attached hydrogens (tertiary/aromatic N) is 1. The molecular formula is C41H36F3NO8. The van der Waals surface area contributed by atoms with Crippen molar-refractivity contribution in [2.24, 2.45) is 0 Å². The molecule has 53 heavy (non-hydrogen) atoms. The van der Waals surface area contributed by atoms with Crippen molar-refractivity contribution < 1.29 is 51.2 Å². The second kappa shape index (κ2) is 16.8. The van der Waals surface area contributed by atoms with E-state index in [9.17, 15) is 27.6 Å². The van der Waals surface area contributed by atoms with Crippen molar-refractivity contribution >= 4 is 34.3 Å². The molecule has 0 aliphatic carbocycles. The standard InChI is InChI=1S/C41H36F3NO8/c1-27(46)49-26-34-35(50-24-28-13-5-2-6-14-28)36(53-39(47)31-16-7-3-8-17-31)37(51-25-29-21-22-30-15-11-12-18-32(30)23-29)38(52-34)45(40(48)41(42,43)44)33-19-9-4-10-20-33/h2-23,34-38H,24-26H2,1H3/t34-,35-,36+,37-,38+/m0/s1. The Kier molecular flexibility index (Phi) is 11.8. The third-order valence-electron chi connectivity index (χ3n) is 8.60. The highest BCUT2D eigenvalue weighted by Crippen LogP contribution is 2.36. The van der Waals surface area contributed by atoms with Crippen molar-refractivity contribution in [3.8, 4) is 0 Å². The van der Waals surface area contributed by atoms with E-state index in [1.165, 1.54) is 36.4 Å². The van der Waals surface area contributed by atoms with Gasteiger partial charge in [0.05, 0.1) is 18.8 Å². The summed E-state index contributed by atoms with van der Waals surface area (Å²) in [5.74, 6) is -3.79. The van der Waals surface area contributed by atoms with Crippen LogP contribution in [0.25, 0.3) is 10.8 Å². The highest BCUT2D eigenvalue weighted by molar-refractivity contribution is 5.98. The number of hydrogen-bond donors (Lipinski definition) is 0. The molecule has 12 heteroatoms. The van der Waals surface area contributed by atoms with E-state index in [-0.39, 0.29) is 24.5 Å². The van der Waals surface area contributed by atoms with E-state index in [0.717, 1.165) is 23.3 Å². The molecule has 0 bridgehead atoms. The Hall–Kier alpha value is -5.56. The molecule has 1 saturated heterocycles. The lowest BCUT2D eigenvalue weighted by Gasteiger charge is -2.48. The maximum atomic E-state index is 14.5. The first-order chi connectivity index (χ1) is 25.6. The fraction of sp³-hybridized carbons (Fsp3) is 0.244. The molecule has 1 amide bonds. The van der Waals surface area contributed by atoms with Gasteiger partial charge >= 0.3 is 24.0 Å². The van der Waals surface area contributed by atoms with E-state index < -0.39 is 61.3 Å². The van der Waals surface area contributed by atoms with Crippen molar-refractivity contribution in [3.63, 3.8) is 0 Å². The van der Waals surface area contributed by atoms with Gasteiger partial charge in [-0.2, -0.15) is 13.2 Å². The van der Waals surface area contributed by atoms with Gasteiger partial charge in [0.15, 0.2) is 12.3 Å². The van der Waals surface area contributed by atoms with E-state index in [0.29, 0.717) is 10.5 Å². The van der Waals surface area contributed by atoms with Gasteiger partial charge in [-0.15, -0.1) is 0 Å². The lowest BCUT2D eigenvalue weighted by molar-refractivity contribution is -0.259. The Bertz CT molecular complexity index is 2000. The molecule has 0 saturated carbocycles. The zero-order chi connectivity index (χ0) is 37.4. The summed E-state index contributed by atoms with van der Waals surface area (Å²) in [5.41, 5.74) is 1.35. The molecule has 5 aromatic rings. The largest absolute Gasteiger partial charge is 0.471 e. The van der Waals surface area contributed by atoms with Gasteiger partial charge in [0.2, 0.25) is 0 Å². The summed E-state index contributed by atoms with van der Waals surface area (Å²) in [7, 11) is 0. The van der Waals surface area contributed by atoms with Crippen molar-refractivity contribution in [1.82, 2.24) is 0 Å². The van der Waals surface area contributed by atoms with Crippen LogP contribution in [0.2, 0.25) is 0 Å². The maximum Gasteiger partial charge on any atom is 0.471 e. The fourth-order valence-electron chi connectivity index (χ4n) is 6.11. The Balaban J connectivity index is 1.48. The zero-order valence-electron chi connectivity index (χ0n) is 28.6. The van der Waals surface area contributed by atoms with E-state index in [4.69, 9.17) is 23.7 Å². The number of hydrogen-bond acceptors (Lipinski definition) is 8. The highest BCUT2D eigenvalue weighted by Gasteiger charge is 2.56. The Morgan fingerprint density at radius 2 is 1.26 bits per heavy atom. The lowest BCUT2D eigenvalue weighted by atomic mass is 9.95. The Morgan fingerprint density at radius 1 is 0.679 bits per heavy atom. The van der Waals surface area contributed by atoms with Crippen LogP contribution >= 0.6 is 0 Å². The number of anilines is 1. The molecule has 0 spiro atoms. The summed E-state index contributed by atoms with van der Waals surface area (Å²) >= 11 is 0. The Morgan fingerprint density at radius 3 is 1.92 bits per heavy atom. The average molecular weight is 728 g/mol. The van der Waals surface area contributed by atoms with Gasteiger partial charge in [0.25, 0.3) is 0 Å². The third-order valence-corrected chi connectivity index (χ3v) is 8.60. The summed E-state index contributed by atoms with van der Waals surface area (Å²) in [6.45, 7) is 0.422. The molecule has 1 fully saturated rings. The number of fused-ring (bicyclic) bond motifs is 1. The van der Waals surface area contributed by atoms with Crippen LogP contribution in [0.5, 0.6) is 0 Å². The summed E-state index contributed by atoms with van der Waals surface area (Å²) in [5, 5.41) is 1.85. The SMILES string of the molecule is CC(=O)OC[C@@H]1O[C@@H](N(C(=O)C(F)(F)F)c2ccccc2)[C@@H](OCc2ccc3ccccc3c2)[C@H](OC(=O)c2ccccc2)[C@H]1OCc1ccccc1. The number of amides is 1. The first kappa shape index (κ1) is 37.2. The van der Waals surface area contributed by atoms with Crippen LogP contribution in [-0.4, -0.2) is 61.3 Å². The Labute approximate surface area is 303 Å². The lowest BCUT2D eigenvalue weighted by Crippen LogP contribution is -2.67.